The number of aliphatic hydroxyl groups is 1. The second-order valence-electron chi connectivity index (χ2n) is 4.43. The monoisotopic (exact) mass is 342 g/mol. The molecule has 0 radical (unpaired) electrons. The number of halogens is 3. The van der Waals surface area contributed by atoms with Crippen LogP contribution < -0.4 is 0 Å². The topological polar surface area (TPSA) is 20.2 Å². The number of hydrogen-bond acceptors (Lipinski definition) is 1. The first kappa shape index (κ1) is 14.5. The Balaban J connectivity index is 2.25. The summed E-state index contributed by atoms with van der Waals surface area (Å²) in [4.78, 5) is 0. The molecule has 0 amide bonds. The van der Waals surface area contributed by atoms with Crippen molar-refractivity contribution < 1.29 is 9.50 Å². The highest BCUT2D eigenvalue weighted by Gasteiger charge is 2.14. The van der Waals surface area contributed by atoms with Gasteiger partial charge in [-0.2, -0.15) is 0 Å². The zero-order valence-corrected chi connectivity index (χ0v) is 12.7. The van der Waals surface area contributed by atoms with E-state index in [0.717, 1.165) is 16.7 Å². The van der Waals surface area contributed by atoms with Crippen molar-refractivity contribution in [1.82, 2.24) is 0 Å². The molecule has 2 rings (SSSR count). The van der Waals surface area contributed by atoms with Gasteiger partial charge in [-0.15, -0.1) is 0 Å². The van der Waals surface area contributed by atoms with Crippen molar-refractivity contribution >= 4 is 27.5 Å². The number of rotatable bonds is 3. The third-order valence-corrected chi connectivity index (χ3v) is 4.16. The van der Waals surface area contributed by atoms with Crippen molar-refractivity contribution in [2.75, 3.05) is 0 Å². The van der Waals surface area contributed by atoms with Gasteiger partial charge in [0, 0.05) is 11.4 Å². The lowest BCUT2D eigenvalue weighted by Gasteiger charge is -2.15. The van der Waals surface area contributed by atoms with Gasteiger partial charge in [0.25, 0.3) is 0 Å². The second kappa shape index (κ2) is 6.04. The van der Waals surface area contributed by atoms with Crippen molar-refractivity contribution in [2.24, 2.45) is 0 Å². The molecular weight excluding hydrogens is 331 g/mol. The molecule has 0 aliphatic rings. The fourth-order valence-corrected chi connectivity index (χ4v) is 2.69. The van der Waals surface area contributed by atoms with E-state index in [-0.39, 0.29) is 5.82 Å². The fourth-order valence-electron chi connectivity index (χ4n) is 2.04. The van der Waals surface area contributed by atoms with Crippen LogP contribution in [0.5, 0.6) is 0 Å². The smallest absolute Gasteiger partial charge is 0.137 e. The summed E-state index contributed by atoms with van der Waals surface area (Å²) in [6.07, 6.45) is -0.337. The average molecular weight is 344 g/mol. The molecule has 100 valence electrons. The van der Waals surface area contributed by atoms with Crippen LogP contribution in [0.15, 0.2) is 40.9 Å². The van der Waals surface area contributed by atoms with Gasteiger partial charge < -0.3 is 5.11 Å². The van der Waals surface area contributed by atoms with Crippen LogP contribution in [0.2, 0.25) is 5.02 Å². The predicted molar refractivity (Wildman–Crippen MR) is 79.0 cm³/mol. The molecular formula is C15H13BrClFO. The molecule has 0 saturated carbocycles. The molecule has 1 nitrogen and oxygen atoms in total. The first-order valence-corrected chi connectivity index (χ1v) is 7.03. The predicted octanol–water partition coefficient (Wildman–Crippen LogP) is 4.83. The highest BCUT2D eigenvalue weighted by atomic mass is 79.9. The van der Waals surface area contributed by atoms with Gasteiger partial charge in [-0.3, -0.25) is 0 Å². The van der Waals surface area contributed by atoms with E-state index in [4.69, 9.17) is 11.6 Å². The van der Waals surface area contributed by atoms with E-state index >= 15 is 0 Å². The molecule has 0 aliphatic heterocycles. The third-order valence-electron chi connectivity index (χ3n) is 3.04. The van der Waals surface area contributed by atoms with Crippen LogP contribution in [0.4, 0.5) is 4.39 Å². The normalized spacial score (nSPS) is 12.5. The largest absolute Gasteiger partial charge is 0.388 e. The summed E-state index contributed by atoms with van der Waals surface area (Å²) >= 11 is 9.09. The van der Waals surface area contributed by atoms with Crippen LogP contribution in [0.25, 0.3) is 0 Å². The zero-order valence-electron chi connectivity index (χ0n) is 10.3. The van der Waals surface area contributed by atoms with E-state index in [2.05, 4.69) is 15.9 Å². The van der Waals surface area contributed by atoms with Crippen LogP contribution in [0.3, 0.4) is 0 Å². The average Bonchev–Trinajstić information content (AvgIpc) is 2.34. The van der Waals surface area contributed by atoms with Crippen molar-refractivity contribution in [2.45, 2.75) is 19.4 Å². The minimum atomic E-state index is -0.685. The summed E-state index contributed by atoms with van der Waals surface area (Å²) in [5.41, 5.74) is 2.47. The quantitative estimate of drug-likeness (QED) is 0.846. The molecule has 1 N–H and O–H groups in total. The van der Waals surface area contributed by atoms with E-state index in [9.17, 15) is 9.50 Å². The lowest BCUT2D eigenvalue weighted by atomic mass is 9.98. The van der Waals surface area contributed by atoms with E-state index in [1.807, 2.05) is 6.92 Å². The van der Waals surface area contributed by atoms with Crippen LogP contribution in [-0.2, 0) is 6.42 Å². The maximum Gasteiger partial charge on any atom is 0.137 e. The maximum atomic E-state index is 13.4. The van der Waals surface area contributed by atoms with Gasteiger partial charge in [-0.25, -0.2) is 4.39 Å². The van der Waals surface area contributed by atoms with Crippen molar-refractivity contribution in [3.8, 4) is 0 Å². The van der Waals surface area contributed by atoms with Crippen molar-refractivity contribution in [1.29, 1.82) is 0 Å². The number of aryl methyl sites for hydroxylation is 1. The highest BCUT2D eigenvalue weighted by Crippen LogP contribution is 2.28. The van der Waals surface area contributed by atoms with E-state index < -0.39 is 6.10 Å². The van der Waals surface area contributed by atoms with Gasteiger partial charge in [0.15, 0.2) is 0 Å². The van der Waals surface area contributed by atoms with Crippen LogP contribution in [-0.4, -0.2) is 5.11 Å². The molecule has 0 fully saturated rings. The Morgan fingerprint density at radius 1 is 1.32 bits per heavy atom. The van der Waals surface area contributed by atoms with Gasteiger partial charge in [0.2, 0.25) is 0 Å². The molecule has 2 aromatic rings. The second-order valence-corrected chi connectivity index (χ2v) is 5.66. The van der Waals surface area contributed by atoms with Gasteiger partial charge in [-0.05, 0) is 57.7 Å². The summed E-state index contributed by atoms with van der Waals surface area (Å²) in [6, 6.07) is 10.2. The first-order valence-electron chi connectivity index (χ1n) is 5.86. The number of benzene rings is 2. The van der Waals surface area contributed by atoms with E-state index in [0.29, 0.717) is 15.9 Å². The molecule has 0 heterocycles. The minimum Gasteiger partial charge on any atom is -0.388 e. The van der Waals surface area contributed by atoms with Crippen molar-refractivity contribution in [3.05, 3.63) is 68.4 Å². The summed E-state index contributed by atoms with van der Waals surface area (Å²) in [5.74, 6) is -0.322. The molecule has 1 atom stereocenters. The standard InChI is InChI=1S/C15H13BrClFO/c1-9-7-11(17)5-6-12(9)14(19)8-10-3-2-4-13(18)15(10)16/h2-7,14,19H,8H2,1H3. The van der Waals surface area contributed by atoms with Crippen molar-refractivity contribution in [3.63, 3.8) is 0 Å². The molecule has 0 spiro atoms. The Morgan fingerprint density at radius 3 is 2.74 bits per heavy atom. The maximum absolute atomic E-state index is 13.4. The molecule has 1 unspecified atom stereocenters. The Morgan fingerprint density at radius 2 is 2.05 bits per heavy atom. The van der Waals surface area contributed by atoms with Crippen LogP contribution in [0, 0.1) is 12.7 Å². The zero-order chi connectivity index (χ0) is 14.0. The highest BCUT2D eigenvalue weighted by molar-refractivity contribution is 9.10. The molecule has 0 aromatic heterocycles. The molecule has 0 aliphatic carbocycles. The SMILES string of the molecule is Cc1cc(Cl)ccc1C(O)Cc1cccc(F)c1Br. The minimum absolute atomic E-state index is 0.322. The molecule has 19 heavy (non-hydrogen) atoms. The van der Waals surface area contributed by atoms with Gasteiger partial charge in [-0.1, -0.05) is 29.8 Å². The fraction of sp³-hybridized carbons (Fsp3) is 0.200. The van der Waals surface area contributed by atoms with Crippen LogP contribution >= 0.6 is 27.5 Å². The lowest BCUT2D eigenvalue weighted by Crippen LogP contribution is -2.05. The van der Waals surface area contributed by atoms with E-state index in [1.54, 1.807) is 30.3 Å². The molecule has 0 saturated heterocycles. The lowest BCUT2D eigenvalue weighted by molar-refractivity contribution is 0.177. The molecule has 2 aromatic carbocycles. The number of hydrogen-bond donors (Lipinski definition) is 1. The van der Waals surface area contributed by atoms with E-state index in [1.165, 1.54) is 6.07 Å². The van der Waals surface area contributed by atoms with Crippen LogP contribution in [0.1, 0.15) is 22.8 Å². The summed E-state index contributed by atoms with van der Waals surface area (Å²) in [7, 11) is 0. The Bertz CT molecular complexity index is 601. The Hall–Kier alpha value is -0.900. The summed E-state index contributed by atoms with van der Waals surface area (Å²) in [6.45, 7) is 1.89. The Labute approximate surface area is 125 Å². The summed E-state index contributed by atoms with van der Waals surface area (Å²) in [5, 5.41) is 10.9. The number of aliphatic hydroxyl groups excluding tert-OH is 1. The molecule has 0 bridgehead atoms. The van der Waals surface area contributed by atoms with Gasteiger partial charge in [0.1, 0.15) is 5.82 Å². The van der Waals surface area contributed by atoms with Gasteiger partial charge in [0.05, 0.1) is 10.6 Å². The molecule has 4 heteroatoms. The first-order chi connectivity index (χ1) is 8.99. The Kier molecular flexibility index (Phi) is 4.61. The third kappa shape index (κ3) is 3.35. The summed E-state index contributed by atoms with van der Waals surface area (Å²) < 4.78 is 13.8. The van der Waals surface area contributed by atoms with Gasteiger partial charge >= 0.3 is 0 Å².